The topological polar surface area (TPSA) is 54.6 Å². The molecule has 0 amide bonds. The molecule has 1 fully saturated rings. The summed E-state index contributed by atoms with van der Waals surface area (Å²) in [6.07, 6.45) is 2.35. The molecule has 1 aromatic heterocycles. The van der Waals surface area contributed by atoms with Gasteiger partial charge in [-0.1, -0.05) is 0 Å². The number of aromatic nitrogens is 1. The van der Waals surface area contributed by atoms with Crippen molar-refractivity contribution in [2.75, 3.05) is 44.9 Å². The van der Waals surface area contributed by atoms with Gasteiger partial charge in [-0.2, -0.15) is 4.37 Å². The van der Waals surface area contributed by atoms with Gasteiger partial charge in [-0.25, -0.2) is 0 Å². The van der Waals surface area contributed by atoms with Crippen molar-refractivity contribution in [3.63, 3.8) is 0 Å². The minimum atomic E-state index is 0.502. The number of hydrogen-bond donors (Lipinski definition) is 1. The van der Waals surface area contributed by atoms with E-state index in [4.69, 9.17) is 10.5 Å². The molecular formula is C11H20N4OS. The Bertz CT molecular complexity index is 372. The molecule has 1 saturated heterocycles. The molecule has 0 aliphatic carbocycles. The summed E-state index contributed by atoms with van der Waals surface area (Å²) >= 11 is 1.43. The summed E-state index contributed by atoms with van der Waals surface area (Å²) in [7, 11) is 5.94. The summed E-state index contributed by atoms with van der Waals surface area (Å²) in [5.74, 6) is 1.24. The summed E-state index contributed by atoms with van der Waals surface area (Å²) < 4.78 is 9.47. The summed E-state index contributed by atoms with van der Waals surface area (Å²) in [4.78, 5) is 4.63. The molecule has 0 saturated carbocycles. The fourth-order valence-electron chi connectivity index (χ4n) is 2.26. The molecule has 0 radical (unpaired) electrons. The molecule has 1 aromatic rings. The Balaban J connectivity index is 2.05. The van der Waals surface area contributed by atoms with Gasteiger partial charge in [0.15, 0.2) is 16.6 Å². The first-order valence-electron chi connectivity index (χ1n) is 5.84. The third-order valence-electron chi connectivity index (χ3n) is 3.34. The van der Waals surface area contributed by atoms with Crippen LogP contribution in [0.25, 0.3) is 0 Å². The Morgan fingerprint density at radius 3 is 2.59 bits per heavy atom. The van der Waals surface area contributed by atoms with Gasteiger partial charge in [-0.15, -0.1) is 0 Å². The van der Waals surface area contributed by atoms with Crippen molar-refractivity contribution < 1.29 is 4.74 Å². The second-order valence-corrected chi connectivity index (χ2v) is 5.34. The van der Waals surface area contributed by atoms with Crippen LogP contribution in [0.15, 0.2) is 0 Å². The lowest BCUT2D eigenvalue weighted by Gasteiger charge is -2.35. The first-order chi connectivity index (χ1) is 8.13. The van der Waals surface area contributed by atoms with Crippen LogP contribution >= 0.6 is 11.5 Å². The van der Waals surface area contributed by atoms with E-state index in [1.807, 2.05) is 0 Å². The van der Waals surface area contributed by atoms with Gasteiger partial charge in [0.05, 0.1) is 7.11 Å². The Morgan fingerprint density at radius 1 is 1.41 bits per heavy atom. The van der Waals surface area contributed by atoms with Crippen molar-refractivity contribution in [2.24, 2.45) is 0 Å². The van der Waals surface area contributed by atoms with E-state index in [0.29, 0.717) is 11.9 Å². The SMILES string of the molecule is COc1c(N)nsc1N1CCC(N(C)C)CC1. The third-order valence-corrected chi connectivity index (χ3v) is 4.25. The van der Waals surface area contributed by atoms with Crippen LogP contribution in [0.4, 0.5) is 10.8 Å². The standard InChI is InChI=1S/C11H20N4OS/c1-14(2)8-4-6-15(7-5-8)11-9(16-3)10(12)13-17-11/h8H,4-7H2,1-3H3,(H2,12,13). The Morgan fingerprint density at radius 2 is 2.06 bits per heavy atom. The summed E-state index contributed by atoms with van der Waals surface area (Å²) in [6, 6.07) is 0.683. The molecule has 2 heterocycles. The molecule has 1 aliphatic rings. The Hall–Kier alpha value is -1.01. The fourth-order valence-corrected chi connectivity index (χ4v) is 3.10. The second-order valence-electron chi connectivity index (χ2n) is 4.59. The zero-order valence-electron chi connectivity index (χ0n) is 10.6. The number of hydrogen-bond acceptors (Lipinski definition) is 6. The van der Waals surface area contributed by atoms with E-state index in [0.717, 1.165) is 23.8 Å². The quantitative estimate of drug-likeness (QED) is 0.882. The molecule has 6 heteroatoms. The first-order valence-corrected chi connectivity index (χ1v) is 6.61. The van der Waals surface area contributed by atoms with Gasteiger partial charge < -0.3 is 20.3 Å². The minimum absolute atomic E-state index is 0.502. The molecule has 1 aliphatic heterocycles. The van der Waals surface area contributed by atoms with E-state index < -0.39 is 0 Å². The minimum Gasteiger partial charge on any atom is -0.490 e. The van der Waals surface area contributed by atoms with Crippen molar-refractivity contribution in [2.45, 2.75) is 18.9 Å². The number of methoxy groups -OCH3 is 1. The van der Waals surface area contributed by atoms with E-state index in [1.165, 1.54) is 24.4 Å². The molecule has 0 bridgehead atoms. The highest BCUT2D eigenvalue weighted by atomic mass is 32.1. The molecule has 96 valence electrons. The monoisotopic (exact) mass is 256 g/mol. The van der Waals surface area contributed by atoms with Crippen molar-refractivity contribution in [3.05, 3.63) is 0 Å². The van der Waals surface area contributed by atoms with Crippen LogP contribution < -0.4 is 15.4 Å². The van der Waals surface area contributed by atoms with Gasteiger partial charge in [0.2, 0.25) is 0 Å². The van der Waals surface area contributed by atoms with Crippen molar-refractivity contribution in [1.29, 1.82) is 0 Å². The van der Waals surface area contributed by atoms with Crippen LogP contribution in [0.1, 0.15) is 12.8 Å². The highest BCUT2D eigenvalue weighted by molar-refractivity contribution is 7.11. The normalized spacial score (nSPS) is 17.8. The molecule has 0 atom stereocenters. The lowest BCUT2D eigenvalue weighted by Crippen LogP contribution is -2.41. The van der Waals surface area contributed by atoms with Crippen molar-refractivity contribution >= 4 is 22.4 Å². The molecule has 5 nitrogen and oxygen atoms in total. The lowest BCUT2D eigenvalue weighted by atomic mass is 10.0. The average Bonchev–Trinajstić information content (AvgIpc) is 2.70. The molecule has 0 spiro atoms. The van der Waals surface area contributed by atoms with Crippen LogP contribution in [0.5, 0.6) is 5.75 Å². The fraction of sp³-hybridized carbons (Fsp3) is 0.727. The maximum absolute atomic E-state index is 5.77. The van der Waals surface area contributed by atoms with Gasteiger partial charge >= 0.3 is 0 Å². The Kier molecular flexibility index (Phi) is 3.73. The number of rotatable bonds is 3. The van der Waals surface area contributed by atoms with Crippen LogP contribution in [0, 0.1) is 0 Å². The van der Waals surface area contributed by atoms with Crippen LogP contribution in [-0.4, -0.2) is 49.6 Å². The van der Waals surface area contributed by atoms with E-state index in [9.17, 15) is 0 Å². The molecular weight excluding hydrogens is 236 g/mol. The summed E-state index contributed by atoms with van der Waals surface area (Å²) in [5, 5.41) is 1.07. The number of piperidine rings is 1. The number of nitrogens with two attached hydrogens (primary N) is 1. The van der Waals surface area contributed by atoms with Gasteiger partial charge in [0.25, 0.3) is 0 Å². The van der Waals surface area contributed by atoms with E-state index >= 15 is 0 Å². The summed E-state index contributed by atoms with van der Waals surface area (Å²) in [6.45, 7) is 2.08. The maximum atomic E-state index is 5.77. The average molecular weight is 256 g/mol. The van der Waals surface area contributed by atoms with Crippen LogP contribution in [-0.2, 0) is 0 Å². The Labute approximate surface area is 106 Å². The molecule has 0 aromatic carbocycles. The predicted octanol–water partition coefficient (Wildman–Crippen LogP) is 1.26. The van der Waals surface area contributed by atoms with E-state index in [-0.39, 0.29) is 0 Å². The smallest absolute Gasteiger partial charge is 0.197 e. The zero-order chi connectivity index (χ0) is 12.4. The van der Waals surface area contributed by atoms with Crippen LogP contribution in [0.3, 0.4) is 0 Å². The second kappa shape index (κ2) is 5.10. The lowest BCUT2D eigenvalue weighted by molar-refractivity contribution is 0.249. The number of nitrogens with zero attached hydrogens (tertiary/aromatic N) is 3. The van der Waals surface area contributed by atoms with Crippen LogP contribution in [0.2, 0.25) is 0 Å². The van der Waals surface area contributed by atoms with Gasteiger partial charge in [-0.05, 0) is 38.5 Å². The first kappa shape index (κ1) is 12.4. The van der Waals surface area contributed by atoms with Crippen molar-refractivity contribution in [1.82, 2.24) is 9.27 Å². The molecule has 2 rings (SSSR count). The van der Waals surface area contributed by atoms with Gasteiger partial charge in [0, 0.05) is 19.1 Å². The number of ether oxygens (including phenoxy) is 1. The molecule has 0 unspecified atom stereocenters. The van der Waals surface area contributed by atoms with Gasteiger partial charge in [-0.3, -0.25) is 0 Å². The largest absolute Gasteiger partial charge is 0.490 e. The van der Waals surface area contributed by atoms with E-state index in [2.05, 4.69) is 28.3 Å². The highest BCUT2D eigenvalue weighted by Crippen LogP contribution is 2.39. The molecule has 2 N–H and O–H groups in total. The predicted molar refractivity (Wildman–Crippen MR) is 72.0 cm³/mol. The summed E-state index contributed by atoms with van der Waals surface area (Å²) in [5.41, 5.74) is 5.77. The van der Waals surface area contributed by atoms with Crippen molar-refractivity contribution in [3.8, 4) is 5.75 Å². The molecule has 17 heavy (non-hydrogen) atoms. The maximum Gasteiger partial charge on any atom is 0.197 e. The zero-order valence-corrected chi connectivity index (χ0v) is 11.5. The highest BCUT2D eigenvalue weighted by Gasteiger charge is 2.25. The third kappa shape index (κ3) is 2.47. The van der Waals surface area contributed by atoms with E-state index in [1.54, 1.807) is 7.11 Å². The number of nitrogen functional groups attached to an aromatic ring is 1. The number of anilines is 2. The van der Waals surface area contributed by atoms with Gasteiger partial charge in [0.1, 0.15) is 0 Å².